The van der Waals surface area contributed by atoms with Crippen molar-refractivity contribution in [1.29, 1.82) is 0 Å². The van der Waals surface area contributed by atoms with E-state index >= 15 is 0 Å². The first-order chi connectivity index (χ1) is 11.8. The maximum Gasteiger partial charge on any atom is 0.414 e. The number of carbonyl (C=O) groups excluding carboxylic acids is 1. The zero-order chi connectivity index (χ0) is 18.4. The number of rotatable bonds is 5. The van der Waals surface area contributed by atoms with Crippen molar-refractivity contribution in [2.24, 2.45) is 0 Å². The van der Waals surface area contributed by atoms with Crippen LogP contribution in [-0.2, 0) is 11.2 Å². The summed E-state index contributed by atoms with van der Waals surface area (Å²) in [7, 11) is 0. The van der Waals surface area contributed by atoms with Gasteiger partial charge < -0.3 is 9.84 Å². The number of carboxylic acid groups (broad SMARTS) is 1. The highest BCUT2D eigenvalue weighted by molar-refractivity contribution is 6.00. The van der Waals surface area contributed by atoms with E-state index in [1.807, 2.05) is 30.3 Å². The molecule has 0 aliphatic heterocycles. The van der Waals surface area contributed by atoms with Crippen LogP contribution in [0.15, 0.2) is 54.6 Å². The molecule has 0 spiro atoms. The van der Waals surface area contributed by atoms with E-state index in [2.05, 4.69) is 0 Å². The van der Waals surface area contributed by atoms with Gasteiger partial charge in [-0.25, -0.2) is 9.59 Å². The number of benzene rings is 2. The van der Waals surface area contributed by atoms with Gasteiger partial charge in [-0.15, -0.1) is 0 Å². The zero-order valence-electron chi connectivity index (χ0n) is 14.7. The number of aromatic carboxylic acids is 1. The molecule has 0 bridgehead atoms. The van der Waals surface area contributed by atoms with Gasteiger partial charge in [0.1, 0.15) is 5.60 Å². The number of hydrogen-bond donors (Lipinski definition) is 1. The lowest BCUT2D eigenvalue weighted by atomic mass is 10.1. The minimum Gasteiger partial charge on any atom is -0.478 e. The van der Waals surface area contributed by atoms with Crippen molar-refractivity contribution in [3.8, 4) is 0 Å². The third kappa shape index (κ3) is 5.35. The van der Waals surface area contributed by atoms with E-state index in [-0.39, 0.29) is 5.56 Å². The Labute approximate surface area is 147 Å². The van der Waals surface area contributed by atoms with E-state index in [0.29, 0.717) is 18.7 Å². The number of hydrogen-bond acceptors (Lipinski definition) is 3. The van der Waals surface area contributed by atoms with Crippen LogP contribution in [0, 0.1) is 0 Å². The molecule has 132 valence electrons. The van der Waals surface area contributed by atoms with Crippen molar-refractivity contribution in [3.63, 3.8) is 0 Å². The van der Waals surface area contributed by atoms with Gasteiger partial charge in [-0.1, -0.05) is 42.5 Å². The fourth-order valence-corrected chi connectivity index (χ4v) is 2.40. The van der Waals surface area contributed by atoms with Crippen molar-refractivity contribution in [2.75, 3.05) is 11.4 Å². The Morgan fingerprint density at radius 3 is 2.20 bits per heavy atom. The van der Waals surface area contributed by atoms with E-state index in [4.69, 9.17) is 4.74 Å². The number of carbonyl (C=O) groups is 2. The normalized spacial score (nSPS) is 11.0. The average Bonchev–Trinajstić information content (AvgIpc) is 2.54. The number of anilines is 1. The molecule has 2 aromatic rings. The lowest BCUT2D eigenvalue weighted by Gasteiger charge is -2.28. The van der Waals surface area contributed by atoms with Crippen molar-refractivity contribution in [3.05, 3.63) is 65.7 Å². The summed E-state index contributed by atoms with van der Waals surface area (Å²) >= 11 is 0. The lowest BCUT2D eigenvalue weighted by molar-refractivity contribution is 0.0580. The predicted molar refractivity (Wildman–Crippen MR) is 97.1 cm³/mol. The van der Waals surface area contributed by atoms with Crippen LogP contribution in [0.25, 0.3) is 0 Å². The molecule has 1 amide bonds. The number of para-hydroxylation sites is 1. The van der Waals surface area contributed by atoms with E-state index in [0.717, 1.165) is 5.56 Å². The molecular formula is C20H23NO4. The third-order valence-electron chi connectivity index (χ3n) is 3.51. The standard InChI is InChI=1S/C20H23NO4/c1-20(2,3)25-19(24)21(14-13-15-9-5-4-6-10-15)17-12-8-7-11-16(17)18(22)23/h4-12H,13-14H2,1-3H3,(H,22,23). The summed E-state index contributed by atoms with van der Waals surface area (Å²) < 4.78 is 5.47. The first-order valence-electron chi connectivity index (χ1n) is 8.15. The van der Waals surface area contributed by atoms with Gasteiger partial charge in [0.2, 0.25) is 0 Å². The highest BCUT2D eigenvalue weighted by atomic mass is 16.6. The lowest BCUT2D eigenvalue weighted by Crippen LogP contribution is -2.39. The topological polar surface area (TPSA) is 66.8 Å². The van der Waals surface area contributed by atoms with Crippen LogP contribution in [0.5, 0.6) is 0 Å². The van der Waals surface area contributed by atoms with Crippen molar-refractivity contribution < 1.29 is 19.4 Å². The molecule has 0 aliphatic carbocycles. The number of ether oxygens (including phenoxy) is 1. The molecule has 0 unspecified atom stereocenters. The van der Waals surface area contributed by atoms with E-state index in [1.54, 1.807) is 39.0 Å². The van der Waals surface area contributed by atoms with E-state index in [1.165, 1.54) is 11.0 Å². The summed E-state index contributed by atoms with van der Waals surface area (Å²) in [5.41, 5.74) is 0.797. The maximum absolute atomic E-state index is 12.7. The molecule has 0 heterocycles. The summed E-state index contributed by atoms with van der Waals surface area (Å²) in [6.07, 6.45) is 0.0331. The van der Waals surface area contributed by atoms with Crippen molar-refractivity contribution in [2.45, 2.75) is 32.8 Å². The first kappa shape index (κ1) is 18.5. The molecule has 1 N–H and O–H groups in total. The summed E-state index contributed by atoms with van der Waals surface area (Å²) in [5, 5.41) is 9.44. The Hall–Kier alpha value is -2.82. The molecule has 5 nitrogen and oxygen atoms in total. The third-order valence-corrected chi connectivity index (χ3v) is 3.51. The maximum atomic E-state index is 12.7. The fraction of sp³-hybridized carbons (Fsp3) is 0.300. The molecule has 25 heavy (non-hydrogen) atoms. The fourth-order valence-electron chi connectivity index (χ4n) is 2.40. The van der Waals surface area contributed by atoms with Crippen LogP contribution in [0.4, 0.5) is 10.5 Å². The molecule has 0 fully saturated rings. The summed E-state index contributed by atoms with van der Waals surface area (Å²) in [5.74, 6) is -1.08. The van der Waals surface area contributed by atoms with Gasteiger partial charge >= 0.3 is 12.1 Å². The van der Waals surface area contributed by atoms with Gasteiger partial charge in [-0.2, -0.15) is 0 Å². The first-order valence-corrected chi connectivity index (χ1v) is 8.15. The second-order valence-electron chi connectivity index (χ2n) is 6.69. The Morgan fingerprint density at radius 1 is 1.00 bits per heavy atom. The molecule has 0 saturated heterocycles. The number of nitrogens with zero attached hydrogens (tertiary/aromatic N) is 1. The molecule has 5 heteroatoms. The van der Waals surface area contributed by atoms with Crippen molar-refractivity contribution >= 4 is 17.7 Å². The Morgan fingerprint density at radius 2 is 1.60 bits per heavy atom. The minimum absolute atomic E-state index is 0.0708. The van der Waals surface area contributed by atoms with Gasteiger partial charge in [0, 0.05) is 6.54 Å². The van der Waals surface area contributed by atoms with Gasteiger partial charge in [0.15, 0.2) is 0 Å². The van der Waals surface area contributed by atoms with Crippen LogP contribution >= 0.6 is 0 Å². The molecule has 0 saturated carbocycles. The predicted octanol–water partition coefficient (Wildman–Crippen LogP) is 4.37. The summed E-state index contributed by atoms with van der Waals surface area (Å²) in [6, 6.07) is 16.2. The van der Waals surface area contributed by atoms with E-state index < -0.39 is 17.7 Å². The quantitative estimate of drug-likeness (QED) is 0.877. The van der Waals surface area contributed by atoms with Gasteiger partial charge in [0.25, 0.3) is 0 Å². The zero-order valence-corrected chi connectivity index (χ0v) is 14.7. The molecular weight excluding hydrogens is 318 g/mol. The van der Waals surface area contributed by atoms with Crippen molar-refractivity contribution in [1.82, 2.24) is 0 Å². The highest BCUT2D eigenvalue weighted by Crippen LogP contribution is 2.23. The van der Waals surface area contributed by atoms with Gasteiger partial charge in [0.05, 0.1) is 11.3 Å². The van der Waals surface area contributed by atoms with Crippen LogP contribution in [-0.4, -0.2) is 29.3 Å². The van der Waals surface area contributed by atoms with Crippen LogP contribution in [0.3, 0.4) is 0 Å². The summed E-state index contributed by atoms with van der Waals surface area (Å²) in [4.78, 5) is 25.6. The van der Waals surface area contributed by atoms with E-state index in [9.17, 15) is 14.7 Å². The second-order valence-corrected chi connectivity index (χ2v) is 6.69. The Kier molecular flexibility index (Phi) is 5.80. The Balaban J connectivity index is 2.32. The molecule has 0 aliphatic rings. The van der Waals surface area contributed by atoms with Crippen LogP contribution in [0.2, 0.25) is 0 Å². The van der Waals surface area contributed by atoms with Crippen LogP contribution < -0.4 is 4.90 Å². The average molecular weight is 341 g/mol. The summed E-state index contributed by atoms with van der Waals surface area (Å²) in [6.45, 7) is 5.67. The largest absolute Gasteiger partial charge is 0.478 e. The molecule has 2 rings (SSSR count). The monoisotopic (exact) mass is 341 g/mol. The number of carboxylic acids is 1. The molecule has 0 atom stereocenters. The second kappa shape index (κ2) is 7.83. The highest BCUT2D eigenvalue weighted by Gasteiger charge is 2.26. The SMILES string of the molecule is CC(C)(C)OC(=O)N(CCc1ccccc1)c1ccccc1C(=O)O. The minimum atomic E-state index is -1.08. The van der Waals surface area contributed by atoms with Gasteiger partial charge in [-0.05, 0) is 44.9 Å². The smallest absolute Gasteiger partial charge is 0.414 e. The van der Waals surface area contributed by atoms with Gasteiger partial charge in [-0.3, -0.25) is 4.90 Å². The molecule has 0 aromatic heterocycles. The molecule has 0 radical (unpaired) electrons. The number of amides is 1. The Bertz CT molecular complexity index is 735. The van der Waals surface area contributed by atoms with Crippen LogP contribution in [0.1, 0.15) is 36.7 Å². The molecule has 2 aromatic carbocycles.